The third kappa shape index (κ3) is 3.39. The molecule has 0 saturated carbocycles. The number of rotatable bonds is 6. The lowest BCUT2D eigenvalue weighted by molar-refractivity contribution is 0.203. The lowest BCUT2D eigenvalue weighted by Crippen LogP contribution is -2.34. The van der Waals surface area contributed by atoms with Gasteiger partial charge in [-0.15, -0.1) is 4.73 Å². The minimum atomic E-state index is -3.76. The van der Waals surface area contributed by atoms with Crippen LogP contribution in [0.25, 0.3) is 11.0 Å². The van der Waals surface area contributed by atoms with Gasteiger partial charge >= 0.3 is 0 Å². The quantitative estimate of drug-likeness (QED) is 0.168. The summed E-state index contributed by atoms with van der Waals surface area (Å²) in [5, 5.41) is 25.1. The van der Waals surface area contributed by atoms with Gasteiger partial charge in [0, 0.05) is 18.7 Å². The third-order valence-electron chi connectivity index (χ3n) is 2.66. The lowest BCUT2D eigenvalue weighted by Gasteiger charge is -2.06. The number of benzene rings is 1. The van der Waals surface area contributed by atoms with E-state index in [-0.39, 0.29) is 24.9 Å². The van der Waals surface area contributed by atoms with Crippen molar-refractivity contribution in [2.75, 3.05) is 18.4 Å². The van der Waals surface area contributed by atoms with E-state index < -0.39 is 10.2 Å². The van der Waals surface area contributed by atoms with Gasteiger partial charge in [0.25, 0.3) is 10.2 Å². The van der Waals surface area contributed by atoms with Gasteiger partial charge in [-0.1, -0.05) is 6.07 Å². The highest BCUT2D eigenvalue weighted by atomic mass is 32.2. The van der Waals surface area contributed by atoms with Crippen molar-refractivity contribution in [1.29, 1.82) is 5.41 Å². The zero-order valence-corrected chi connectivity index (χ0v) is 11.7. The number of para-hydroxylation sites is 1. The maximum Gasteiger partial charge on any atom is 0.274 e. The van der Waals surface area contributed by atoms with E-state index >= 15 is 0 Å². The summed E-state index contributed by atoms with van der Waals surface area (Å²) in [6, 6.07) is 4.91. The van der Waals surface area contributed by atoms with Gasteiger partial charge in [0.15, 0.2) is 0 Å². The predicted octanol–water partition coefficient (Wildman–Crippen LogP) is -1.24. The average molecular weight is 313 g/mol. The molecule has 0 spiro atoms. The van der Waals surface area contributed by atoms with E-state index in [0.717, 1.165) is 4.73 Å². The fourth-order valence-electron chi connectivity index (χ4n) is 1.81. The summed E-state index contributed by atoms with van der Waals surface area (Å²) >= 11 is 0. The molecular formula is C10H15N7O3S. The van der Waals surface area contributed by atoms with Crippen LogP contribution in [0.1, 0.15) is 5.56 Å². The van der Waals surface area contributed by atoms with E-state index in [0.29, 0.717) is 16.6 Å². The molecular weight excluding hydrogens is 298 g/mol. The van der Waals surface area contributed by atoms with Crippen LogP contribution in [0.4, 0.5) is 5.95 Å². The molecule has 1 aromatic carbocycles. The molecule has 2 rings (SSSR count). The number of hydrogen-bond donors (Lipinski definition) is 6. The third-order valence-corrected chi connectivity index (χ3v) is 3.26. The first kappa shape index (κ1) is 15.0. The largest absolute Gasteiger partial charge is 0.425 e. The van der Waals surface area contributed by atoms with Gasteiger partial charge in [0.2, 0.25) is 5.95 Å². The summed E-state index contributed by atoms with van der Waals surface area (Å²) in [5.41, 5.74) is 6.54. The average Bonchev–Trinajstić information content (AvgIpc) is 2.70. The number of imidazole rings is 1. The molecule has 0 aliphatic rings. The Kier molecular flexibility index (Phi) is 3.97. The van der Waals surface area contributed by atoms with Crippen molar-refractivity contribution in [3.05, 3.63) is 23.8 Å². The first-order valence-corrected chi connectivity index (χ1v) is 7.40. The highest BCUT2D eigenvalue weighted by Gasteiger charge is 2.14. The highest BCUT2D eigenvalue weighted by Crippen LogP contribution is 2.21. The van der Waals surface area contributed by atoms with Crippen LogP contribution in [-0.4, -0.2) is 42.3 Å². The van der Waals surface area contributed by atoms with Crippen molar-refractivity contribution in [3.8, 4) is 0 Å². The van der Waals surface area contributed by atoms with E-state index in [2.05, 4.69) is 15.0 Å². The standard InChI is InChI=1S/C10H15N7O3S/c11-9(12)6-2-1-3-7-8(6)17(18)10(16-7)14-4-5-15-21(13,19)20/h1-3,15,18H,4-5H2,(H3,11,12)(H,14,16)(H2,13,19,20). The second kappa shape index (κ2) is 5.55. The van der Waals surface area contributed by atoms with Crippen LogP contribution in [-0.2, 0) is 10.2 Å². The van der Waals surface area contributed by atoms with Crippen LogP contribution >= 0.6 is 0 Å². The molecule has 8 N–H and O–H groups in total. The van der Waals surface area contributed by atoms with Crippen LogP contribution < -0.4 is 20.9 Å². The van der Waals surface area contributed by atoms with Crippen molar-refractivity contribution < 1.29 is 13.6 Å². The molecule has 21 heavy (non-hydrogen) atoms. The molecule has 114 valence electrons. The van der Waals surface area contributed by atoms with Gasteiger partial charge in [-0.2, -0.15) is 8.42 Å². The van der Waals surface area contributed by atoms with Crippen LogP contribution in [0.5, 0.6) is 0 Å². The molecule has 0 atom stereocenters. The molecule has 0 radical (unpaired) electrons. The van der Waals surface area contributed by atoms with Gasteiger partial charge in [-0.25, -0.2) is 14.8 Å². The predicted molar refractivity (Wildman–Crippen MR) is 77.5 cm³/mol. The fraction of sp³-hybridized carbons (Fsp3) is 0.200. The minimum Gasteiger partial charge on any atom is -0.425 e. The molecule has 0 unspecified atom stereocenters. The van der Waals surface area contributed by atoms with E-state index in [4.69, 9.17) is 16.3 Å². The van der Waals surface area contributed by atoms with Crippen LogP contribution in [0.15, 0.2) is 18.2 Å². The fourth-order valence-corrected chi connectivity index (χ4v) is 2.20. The lowest BCUT2D eigenvalue weighted by atomic mass is 10.2. The Morgan fingerprint density at radius 1 is 1.43 bits per heavy atom. The second-order valence-electron chi connectivity index (χ2n) is 4.20. The monoisotopic (exact) mass is 313 g/mol. The zero-order chi connectivity index (χ0) is 15.6. The number of nitrogens with two attached hydrogens (primary N) is 2. The minimum absolute atomic E-state index is 0.0294. The second-order valence-corrected chi connectivity index (χ2v) is 5.58. The van der Waals surface area contributed by atoms with Gasteiger partial charge in [0.1, 0.15) is 11.4 Å². The summed E-state index contributed by atoms with van der Waals surface area (Å²) in [6.07, 6.45) is 0. The summed E-state index contributed by atoms with van der Waals surface area (Å²) in [4.78, 5) is 4.13. The van der Waals surface area contributed by atoms with Crippen LogP contribution in [0, 0.1) is 5.41 Å². The highest BCUT2D eigenvalue weighted by molar-refractivity contribution is 7.87. The molecule has 2 aromatic rings. The smallest absolute Gasteiger partial charge is 0.274 e. The first-order chi connectivity index (χ1) is 9.79. The molecule has 10 nitrogen and oxygen atoms in total. The van der Waals surface area contributed by atoms with Crippen molar-refractivity contribution in [1.82, 2.24) is 14.4 Å². The zero-order valence-electron chi connectivity index (χ0n) is 10.9. The molecule has 0 bridgehead atoms. The van der Waals surface area contributed by atoms with Gasteiger partial charge in [0.05, 0.1) is 5.52 Å². The van der Waals surface area contributed by atoms with Gasteiger partial charge in [-0.05, 0) is 12.1 Å². The topological polar surface area (TPSA) is 172 Å². The Bertz CT molecular complexity index is 783. The number of nitrogens with one attached hydrogen (secondary N) is 3. The number of hydrogen-bond acceptors (Lipinski definition) is 6. The molecule has 0 aliphatic heterocycles. The van der Waals surface area contributed by atoms with E-state index in [1.165, 1.54) is 0 Å². The van der Waals surface area contributed by atoms with Crippen molar-refractivity contribution in [3.63, 3.8) is 0 Å². The molecule has 1 aromatic heterocycles. The van der Waals surface area contributed by atoms with E-state index in [1.54, 1.807) is 18.2 Å². The summed E-state index contributed by atoms with van der Waals surface area (Å²) in [5.74, 6) is -0.0897. The SMILES string of the molecule is N=C(N)c1cccc2nc(NCCNS(N)(=O)=O)n(O)c12. The summed E-state index contributed by atoms with van der Waals surface area (Å²) in [6.45, 7) is 0.192. The molecule has 0 fully saturated rings. The molecule has 0 aliphatic carbocycles. The van der Waals surface area contributed by atoms with Crippen molar-refractivity contribution in [2.45, 2.75) is 0 Å². The summed E-state index contributed by atoms with van der Waals surface area (Å²) < 4.78 is 24.3. The number of amidine groups is 1. The maximum atomic E-state index is 10.7. The number of nitrogens with zero attached hydrogens (tertiary/aromatic N) is 2. The number of aromatic nitrogens is 2. The van der Waals surface area contributed by atoms with Crippen molar-refractivity contribution >= 4 is 33.0 Å². The van der Waals surface area contributed by atoms with E-state index in [9.17, 15) is 13.6 Å². The molecule has 0 amide bonds. The van der Waals surface area contributed by atoms with Gasteiger partial charge < -0.3 is 16.3 Å². The Morgan fingerprint density at radius 3 is 2.76 bits per heavy atom. The number of nitrogen functional groups attached to an aromatic ring is 1. The Morgan fingerprint density at radius 2 is 2.14 bits per heavy atom. The van der Waals surface area contributed by atoms with Crippen LogP contribution in [0.3, 0.4) is 0 Å². The van der Waals surface area contributed by atoms with E-state index in [1.807, 2.05) is 0 Å². The first-order valence-electron chi connectivity index (χ1n) is 5.86. The maximum absolute atomic E-state index is 10.7. The Balaban J connectivity index is 2.20. The Labute approximate surface area is 120 Å². The molecule has 1 heterocycles. The normalized spacial score (nSPS) is 11.7. The number of fused-ring (bicyclic) bond motifs is 1. The molecule has 11 heteroatoms. The number of anilines is 1. The summed E-state index contributed by atoms with van der Waals surface area (Å²) in [7, 11) is -3.76. The van der Waals surface area contributed by atoms with Gasteiger partial charge in [-0.3, -0.25) is 5.41 Å². The Hall–Kier alpha value is -2.37. The molecule has 0 saturated heterocycles. The van der Waals surface area contributed by atoms with Crippen LogP contribution in [0.2, 0.25) is 0 Å². The van der Waals surface area contributed by atoms with Crippen molar-refractivity contribution in [2.24, 2.45) is 10.9 Å².